The average Bonchev–Trinajstić information content (AvgIpc) is 2.62. The van der Waals surface area contributed by atoms with Crippen molar-refractivity contribution in [3.05, 3.63) is 72.3 Å². The number of para-hydroxylation sites is 2. The zero-order valence-corrected chi connectivity index (χ0v) is 12.1. The van der Waals surface area contributed by atoms with Gasteiger partial charge in [0.15, 0.2) is 0 Å². The van der Waals surface area contributed by atoms with Gasteiger partial charge in [0.05, 0.1) is 23.3 Å². The van der Waals surface area contributed by atoms with Gasteiger partial charge in [-0.15, -0.1) is 0 Å². The fourth-order valence-corrected chi connectivity index (χ4v) is 2.53. The summed E-state index contributed by atoms with van der Waals surface area (Å²) in [5.41, 5.74) is 3.15. The van der Waals surface area contributed by atoms with Crippen molar-refractivity contribution in [2.45, 2.75) is 0 Å². The third-order valence-electron chi connectivity index (χ3n) is 3.59. The van der Waals surface area contributed by atoms with Gasteiger partial charge in [-0.25, -0.2) is 19.8 Å². The standard InChI is InChI=1S/C18H11N5/c1-19-12-10-20-18(21-11-12)23-17-13-6-2-4-8-15(13)22-16-9-5-3-7-14(16)17/h2-11H,(H,20,21,22,23). The SMILES string of the molecule is [C-]#[N+]c1cnc(Nc2c3ccccc3nc3ccccc23)nc1. The molecule has 0 unspecified atom stereocenters. The molecule has 23 heavy (non-hydrogen) atoms. The van der Waals surface area contributed by atoms with Crippen molar-refractivity contribution >= 4 is 39.1 Å². The Morgan fingerprint density at radius 1 is 0.826 bits per heavy atom. The molecule has 2 aromatic heterocycles. The second-order valence-corrected chi connectivity index (χ2v) is 5.02. The molecular formula is C18H11N5. The molecule has 0 saturated carbocycles. The van der Waals surface area contributed by atoms with Gasteiger partial charge in [-0.05, 0) is 12.1 Å². The Labute approximate surface area is 132 Å². The molecule has 4 aromatic rings. The molecule has 5 nitrogen and oxygen atoms in total. The molecule has 108 valence electrons. The van der Waals surface area contributed by atoms with Crippen LogP contribution in [0.3, 0.4) is 0 Å². The number of hydrogen-bond acceptors (Lipinski definition) is 4. The minimum Gasteiger partial charge on any atom is -0.323 e. The minimum atomic E-state index is 0.417. The van der Waals surface area contributed by atoms with Crippen molar-refractivity contribution in [3.8, 4) is 0 Å². The Morgan fingerprint density at radius 3 is 1.96 bits per heavy atom. The van der Waals surface area contributed by atoms with E-state index in [-0.39, 0.29) is 0 Å². The van der Waals surface area contributed by atoms with E-state index >= 15 is 0 Å². The van der Waals surface area contributed by atoms with Crippen LogP contribution >= 0.6 is 0 Å². The lowest BCUT2D eigenvalue weighted by Crippen LogP contribution is -1.98. The van der Waals surface area contributed by atoms with Crippen molar-refractivity contribution in [1.29, 1.82) is 0 Å². The minimum absolute atomic E-state index is 0.417. The molecule has 0 amide bonds. The summed E-state index contributed by atoms with van der Waals surface area (Å²) >= 11 is 0. The second-order valence-electron chi connectivity index (χ2n) is 5.02. The molecule has 0 radical (unpaired) electrons. The lowest BCUT2D eigenvalue weighted by molar-refractivity contribution is 1.18. The Morgan fingerprint density at radius 2 is 1.39 bits per heavy atom. The zero-order chi connectivity index (χ0) is 15.6. The van der Waals surface area contributed by atoms with E-state index in [0.717, 1.165) is 27.5 Å². The molecular weight excluding hydrogens is 286 g/mol. The Bertz CT molecular complexity index is 994. The maximum Gasteiger partial charge on any atom is 0.224 e. The molecule has 0 bridgehead atoms. The molecule has 5 heteroatoms. The molecule has 2 aromatic carbocycles. The largest absolute Gasteiger partial charge is 0.323 e. The molecule has 0 aliphatic carbocycles. The Kier molecular flexibility index (Phi) is 3.06. The van der Waals surface area contributed by atoms with Gasteiger partial charge in [0.2, 0.25) is 11.6 Å². The Balaban J connectivity index is 1.93. The molecule has 0 atom stereocenters. The predicted molar refractivity (Wildman–Crippen MR) is 90.8 cm³/mol. The van der Waals surface area contributed by atoms with Gasteiger partial charge in [0.25, 0.3) is 0 Å². The van der Waals surface area contributed by atoms with E-state index in [9.17, 15) is 0 Å². The first-order valence-corrected chi connectivity index (χ1v) is 7.09. The van der Waals surface area contributed by atoms with Crippen LogP contribution in [0.4, 0.5) is 17.3 Å². The van der Waals surface area contributed by atoms with Crippen LogP contribution in [0.2, 0.25) is 0 Å². The topological polar surface area (TPSA) is 55.1 Å². The van der Waals surface area contributed by atoms with E-state index in [1.54, 1.807) is 0 Å². The quantitative estimate of drug-likeness (QED) is 0.438. The van der Waals surface area contributed by atoms with E-state index in [4.69, 9.17) is 6.57 Å². The number of anilines is 2. The third kappa shape index (κ3) is 2.32. The molecule has 4 rings (SSSR count). The molecule has 2 heterocycles. The number of nitrogens with zero attached hydrogens (tertiary/aromatic N) is 4. The summed E-state index contributed by atoms with van der Waals surface area (Å²) in [5.74, 6) is 0.457. The van der Waals surface area contributed by atoms with Crippen LogP contribution in [0, 0.1) is 6.57 Å². The maximum absolute atomic E-state index is 6.97. The smallest absolute Gasteiger partial charge is 0.224 e. The highest BCUT2D eigenvalue weighted by Gasteiger charge is 2.09. The molecule has 0 aliphatic rings. The number of rotatable bonds is 2. The van der Waals surface area contributed by atoms with Gasteiger partial charge in [-0.1, -0.05) is 36.4 Å². The van der Waals surface area contributed by atoms with Crippen molar-refractivity contribution in [2.24, 2.45) is 0 Å². The fourth-order valence-electron chi connectivity index (χ4n) is 2.53. The monoisotopic (exact) mass is 297 g/mol. The average molecular weight is 297 g/mol. The van der Waals surface area contributed by atoms with Crippen LogP contribution in [0.5, 0.6) is 0 Å². The first kappa shape index (κ1) is 13.2. The number of benzene rings is 2. The van der Waals surface area contributed by atoms with Crippen molar-refractivity contribution < 1.29 is 0 Å². The summed E-state index contributed by atoms with van der Waals surface area (Å²) in [7, 11) is 0. The third-order valence-corrected chi connectivity index (χ3v) is 3.59. The van der Waals surface area contributed by atoms with Gasteiger partial charge < -0.3 is 5.32 Å². The Hall–Kier alpha value is -3.52. The van der Waals surface area contributed by atoms with E-state index < -0.39 is 0 Å². The van der Waals surface area contributed by atoms with Crippen LogP contribution in [-0.4, -0.2) is 15.0 Å². The fraction of sp³-hybridized carbons (Fsp3) is 0. The van der Waals surface area contributed by atoms with Crippen LogP contribution in [0.25, 0.3) is 26.7 Å². The van der Waals surface area contributed by atoms with Gasteiger partial charge in [0.1, 0.15) is 0 Å². The summed E-state index contributed by atoms with van der Waals surface area (Å²) in [5, 5.41) is 5.28. The van der Waals surface area contributed by atoms with Gasteiger partial charge in [0, 0.05) is 23.2 Å². The van der Waals surface area contributed by atoms with Crippen LogP contribution in [0.1, 0.15) is 0 Å². The van der Waals surface area contributed by atoms with E-state index in [0.29, 0.717) is 11.6 Å². The summed E-state index contributed by atoms with van der Waals surface area (Å²) in [4.78, 5) is 16.4. The van der Waals surface area contributed by atoms with Crippen molar-refractivity contribution in [2.75, 3.05) is 5.32 Å². The molecule has 1 N–H and O–H groups in total. The van der Waals surface area contributed by atoms with Gasteiger partial charge >= 0.3 is 0 Å². The van der Waals surface area contributed by atoms with Crippen molar-refractivity contribution in [3.63, 3.8) is 0 Å². The molecule has 0 aliphatic heterocycles. The van der Waals surface area contributed by atoms with Crippen LogP contribution in [0.15, 0.2) is 60.9 Å². The maximum atomic E-state index is 6.97. The normalized spacial score (nSPS) is 10.6. The molecule has 0 saturated heterocycles. The number of pyridine rings is 1. The first-order valence-electron chi connectivity index (χ1n) is 7.09. The van der Waals surface area contributed by atoms with Crippen LogP contribution < -0.4 is 5.32 Å². The number of fused-ring (bicyclic) bond motifs is 2. The summed E-state index contributed by atoms with van der Waals surface area (Å²) < 4.78 is 0. The summed E-state index contributed by atoms with van der Waals surface area (Å²) in [6.07, 6.45) is 3.02. The van der Waals surface area contributed by atoms with Crippen LogP contribution in [-0.2, 0) is 0 Å². The number of aromatic nitrogens is 3. The molecule has 0 fully saturated rings. The highest BCUT2D eigenvalue weighted by Crippen LogP contribution is 2.32. The lowest BCUT2D eigenvalue weighted by atomic mass is 10.1. The van der Waals surface area contributed by atoms with E-state index in [1.807, 2.05) is 48.5 Å². The number of nitrogens with one attached hydrogen (secondary N) is 1. The van der Waals surface area contributed by atoms with E-state index in [1.165, 1.54) is 12.4 Å². The van der Waals surface area contributed by atoms with E-state index in [2.05, 4.69) is 25.1 Å². The molecule has 0 spiro atoms. The van der Waals surface area contributed by atoms with Crippen molar-refractivity contribution in [1.82, 2.24) is 15.0 Å². The highest BCUT2D eigenvalue weighted by molar-refractivity contribution is 6.08. The zero-order valence-electron chi connectivity index (χ0n) is 12.1. The number of hydrogen-bond donors (Lipinski definition) is 1. The lowest BCUT2D eigenvalue weighted by Gasteiger charge is -2.12. The van der Waals surface area contributed by atoms with Gasteiger partial charge in [-0.3, -0.25) is 0 Å². The first-order chi connectivity index (χ1) is 11.3. The highest BCUT2D eigenvalue weighted by atomic mass is 15.1. The van der Waals surface area contributed by atoms with Gasteiger partial charge in [-0.2, -0.15) is 0 Å². The summed E-state index contributed by atoms with van der Waals surface area (Å²) in [6.45, 7) is 6.97. The second kappa shape index (κ2) is 5.35. The summed E-state index contributed by atoms with van der Waals surface area (Å²) in [6, 6.07) is 15.9. The predicted octanol–water partition coefficient (Wildman–Crippen LogP) is 4.47.